The zero-order chi connectivity index (χ0) is 27.8. The summed E-state index contributed by atoms with van der Waals surface area (Å²) in [5.74, 6) is 1.31. The lowest BCUT2D eigenvalue weighted by Crippen LogP contribution is -2.43. The molecular formula is C34H31ClN4O2. The van der Waals surface area contributed by atoms with Crippen LogP contribution in [-0.4, -0.2) is 36.3 Å². The van der Waals surface area contributed by atoms with Crippen LogP contribution in [0.5, 0.6) is 0 Å². The number of fused-ring (bicyclic) bond motifs is 2. The van der Waals surface area contributed by atoms with E-state index in [4.69, 9.17) is 16.0 Å². The summed E-state index contributed by atoms with van der Waals surface area (Å²) in [5.41, 5.74) is 8.64. The standard InChI is InChI=1S/C34H31ClN4O2/c35-28-7-5-24(6-8-28)32-21-27-19-26-20-29(38-17-15-37-16-18-38)9-10-31(26)39(34(40)33(27)41-32)22-25-3-1-2-4-30(25)23-11-13-36-14-12-23/h1-14,20-21,34,37,40H,15-19,22H2. The first-order chi connectivity index (χ1) is 20.1. The zero-order valence-electron chi connectivity index (χ0n) is 22.6. The molecule has 1 atom stereocenters. The highest BCUT2D eigenvalue weighted by Gasteiger charge is 2.32. The largest absolute Gasteiger partial charge is 0.456 e. The van der Waals surface area contributed by atoms with Gasteiger partial charge in [0.1, 0.15) is 5.76 Å². The van der Waals surface area contributed by atoms with Crippen LogP contribution in [0, 0.1) is 0 Å². The van der Waals surface area contributed by atoms with E-state index < -0.39 is 6.23 Å². The lowest BCUT2D eigenvalue weighted by Gasteiger charge is -2.32. The van der Waals surface area contributed by atoms with Crippen molar-refractivity contribution in [1.82, 2.24) is 10.3 Å². The van der Waals surface area contributed by atoms with Gasteiger partial charge in [-0.2, -0.15) is 0 Å². The van der Waals surface area contributed by atoms with Crippen LogP contribution in [0.15, 0.2) is 102 Å². The minimum atomic E-state index is -0.956. The fourth-order valence-corrected chi connectivity index (χ4v) is 6.10. The van der Waals surface area contributed by atoms with Crippen LogP contribution in [0.2, 0.25) is 5.02 Å². The molecule has 2 aliphatic rings. The van der Waals surface area contributed by atoms with Gasteiger partial charge in [0.2, 0.25) is 0 Å². The summed E-state index contributed by atoms with van der Waals surface area (Å²) in [7, 11) is 0. The lowest BCUT2D eigenvalue weighted by molar-refractivity contribution is 0.143. The minimum Gasteiger partial charge on any atom is -0.456 e. The van der Waals surface area contributed by atoms with E-state index in [-0.39, 0.29) is 0 Å². The topological polar surface area (TPSA) is 64.8 Å². The molecule has 0 aliphatic carbocycles. The third-order valence-corrected chi connectivity index (χ3v) is 8.34. The number of furan rings is 1. The van der Waals surface area contributed by atoms with E-state index >= 15 is 0 Å². The molecule has 0 radical (unpaired) electrons. The summed E-state index contributed by atoms with van der Waals surface area (Å²) in [6.07, 6.45) is 3.34. The number of aliphatic hydroxyl groups is 1. The monoisotopic (exact) mass is 562 g/mol. The van der Waals surface area contributed by atoms with Crippen molar-refractivity contribution in [1.29, 1.82) is 0 Å². The van der Waals surface area contributed by atoms with Crippen LogP contribution in [0.4, 0.5) is 11.4 Å². The molecule has 5 aromatic rings. The van der Waals surface area contributed by atoms with E-state index in [1.54, 1.807) is 0 Å². The molecule has 7 heteroatoms. The van der Waals surface area contributed by atoms with Crippen molar-refractivity contribution in [2.24, 2.45) is 0 Å². The van der Waals surface area contributed by atoms with Crippen LogP contribution in [-0.2, 0) is 13.0 Å². The Kier molecular flexibility index (Phi) is 6.97. The third kappa shape index (κ3) is 5.10. The van der Waals surface area contributed by atoms with Gasteiger partial charge in [-0.1, -0.05) is 35.9 Å². The Bertz CT molecular complexity index is 1660. The molecule has 1 fully saturated rings. The van der Waals surface area contributed by atoms with Gasteiger partial charge in [0, 0.05) is 79.1 Å². The van der Waals surface area contributed by atoms with E-state index in [0.717, 1.165) is 65.4 Å². The lowest BCUT2D eigenvalue weighted by atomic mass is 9.99. The predicted octanol–water partition coefficient (Wildman–Crippen LogP) is 6.67. The smallest absolute Gasteiger partial charge is 0.187 e. The Balaban J connectivity index is 1.33. The van der Waals surface area contributed by atoms with Gasteiger partial charge in [0.25, 0.3) is 0 Å². The van der Waals surface area contributed by atoms with E-state index in [1.807, 2.05) is 48.8 Å². The zero-order valence-corrected chi connectivity index (χ0v) is 23.4. The Morgan fingerprint density at radius 3 is 2.46 bits per heavy atom. The van der Waals surface area contributed by atoms with Gasteiger partial charge in [-0.15, -0.1) is 0 Å². The number of halogens is 1. The van der Waals surface area contributed by atoms with Crippen molar-refractivity contribution in [3.05, 3.63) is 125 Å². The van der Waals surface area contributed by atoms with Crippen molar-refractivity contribution >= 4 is 23.0 Å². The van der Waals surface area contributed by atoms with Crippen molar-refractivity contribution in [2.45, 2.75) is 19.2 Å². The normalized spacial score (nSPS) is 16.7. The van der Waals surface area contributed by atoms with Gasteiger partial charge >= 0.3 is 0 Å². The number of nitrogens with one attached hydrogen (secondary N) is 1. The van der Waals surface area contributed by atoms with Crippen molar-refractivity contribution in [2.75, 3.05) is 36.0 Å². The number of aliphatic hydroxyl groups excluding tert-OH is 1. The third-order valence-electron chi connectivity index (χ3n) is 8.09. The maximum absolute atomic E-state index is 12.0. The molecule has 4 heterocycles. The average Bonchev–Trinajstić information content (AvgIpc) is 3.41. The molecule has 0 amide bonds. The van der Waals surface area contributed by atoms with Gasteiger partial charge in [-0.3, -0.25) is 4.98 Å². The van der Waals surface area contributed by atoms with Crippen LogP contribution in [0.25, 0.3) is 22.5 Å². The Hall–Kier alpha value is -4.10. The van der Waals surface area contributed by atoms with E-state index in [0.29, 0.717) is 23.7 Å². The van der Waals surface area contributed by atoms with Gasteiger partial charge in [-0.05, 0) is 82.9 Å². The highest BCUT2D eigenvalue weighted by atomic mass is 35.5. The second-order valence-electron chi connectivity index (χ2n) is 10.6. The highest BCUT2D eigenvalue weighted by Crippen LogP contribution is 2.42. The summed E-state index contributed by atoms with van der Waals surface area (Å²) in [4.78, 5) is 8.69. The number of hydrogen-bond donors (Lipinski definition) is 2. The second kappa shape index (κ2) is 11.1. The molecule has 206 valence electrons. The summed E-state index contributed by atoms with van der Waals surface area (Å²) < 4.78 is 6.42. The van der Waals surface area contributed by atoms with Crippen LogP contribution < -0.4 is 15.1 Å². The number of hydrogen-bond acceptors (Lipinski definition) is 6. The van der Waals surface area contributed by atoms with Crippen LogP contribution in [0.1, 0.15) is 28.7 Å². The van der Waals surface area contributed by atoms with Crippen molar-refractivity contribution in [3.8, 4) is 22.5 Å². The van der Waals surface area contributed by atoms with Crippen molar-refractivity contribution < 1.29 is 9.52 Å². The number of rotatable bonds is 5. The first kappa shape index (κ1) is 25.8. The average molecular weight is 563 g/mol. The fourth-order valence-electron chi connectivity index (χ4n) is 5.97. The highest BCUT2D eigenvalue weighted by molar-refractivity contribution is 6.30. The number of aromatic nitrogens is 1. The summed E-state index contributed by atoms with van der Waals surface area (Å²) in [6.45, 7) is 4.41. The molecule has 2 aromatic heterocycles. The fraction of sp³-hybridized carbons (Fsp3) is 0.206. The molecule has 2 N–H and O–H groups in total. The van der Waals surface area contributed by atoms with Gasteiger partial charge in [0.15, 0.2) is 12.0 Å². The second-order valence-corrected chi connectivity index (χ2v) is 11.1. The minimum absolute atomic E-state index is 0.510. The van der Waals surface area contributed by atoms with E-state index in [1.165, 1.54) is 11.3 Å². The molecule has 0 bridgehead atoms. The molecule has 1 unspecified atom stereocenters. The van der Waals surface area contributed by atoms with E-state index in [9.17, 15) is 5.11 Å². The molecule has 2 aliphatic heterocycles. The summed E-state index contributed by atoms with van der Waals surface area (Å²) in [5, 5.41) is 16.1. The van der Waals surface area contributed by atoms with Crippen molar-refractivity contribution in [3.63, 3.8) is 0 Å². The molecule has 0 saturated carbocycles. The molecule has 1 saturated heterocycles. The molecule has 3 aromatic carbocycles. The molecular weight excluding hydrogens is 532 g/mol. The quantitative estimate of drug-likeness (QED) is 0.249. The van der Waals surface area contributed by atoms with Crippen LogP contribution >= 0.6 is 11.6 Å². The first-order valence-electron chi connectivity index (χ1n) is 14.0. The first-order valence-corrected chi connectivity index (χ1v) is 14.4. The molecule has 6 nitrogen and oxygen atoms in total. The molecule has 7 rings (SSSR count). The summed E-state index contributed by atoms with van der Waals surface area (Å²) in [6, 6.07) is 28.7. The number of benzene rings is 3. The number of piperazine rings is 1. The Morgan fingerprint density at radius 2 is 1.66 bits per heavy atom. The van der Waals surface area contributed by atoms with Gasteiger partial charge < -0.3 is 24.6 Å². The van der Waals surface area contributed by atoms with Gasteiger partial charge in [-0.25, -0.2) is 0 Å². The maximum Gasteiger partial charge on any atom is 0.187 e. The molecule has 0 spiro atoms. The summed E-state index contributed by atoms with van der Waals surface area (Å²) >= 11 is 6.14. The molecule has 41 heavy (non-hydrogen) atoms. The maximum atomic E-state index is 12.0. The SMILES string of the molecule is OC1c2oc(-c3ccc(Cl)cc3)cc2Cc2cc(N3CCNCC3)ccc2N1Cc1ccccc1-c1ccncc1. The Morgan fingerprint density at radius 1 is 0.878 bits per heavy atom. The van der Waals surface area contributed by atoms with Crippen LogP contribution in [0.3, 0.4) is 0 Å². The number of anilines is 2. The van der Waals surface area contributed by atoms with Gasteiger partial charge in [0.05, 0.1) is 0 Å². The predicted molar refractivity (Wildman–Crippen MR) is 164 cm³/mol. The number of nitrogens with zero attached hydrogens (tertiary/aromatic N) is 3. The van der Waals surface area contributed by atoms with E-state index in [2.05, 4.69) is 68.6 Å². The Labute approximate surface area is 244 Å². The number of pyridine rings is 1.